The Labute approximate surface area is 185 Å². The first-order valence-electron chi connectivity index (χ1n) is 9.99. The number of hydrogen-bond acceptors (Lipinski definition) is 3. The van der Waals surface area contributed by atoms with Crippen LogP contribution in [-0.4, -0.2) is 20.8 Å². The second-order valence-corrected chi connectivity index (χ2v) is 7.37. The van der Waals surface area contributed by atoms with Gasteiger partial charge in [0.15, 0.2) is 0 Å². The number of rotatable bonds is 4. The quantitative estimate of drug-likeness (QED) is 0.363. The molecule has 0 spiro atoms. The Kier molecular flexibility index (Phi) is 6.82. The van der Waals surface area contributed by atoms with E-state index in [9.17, 15) is 4.39 Å². The largest absolute Gasteiger partial charge is 0.455 e. The number of furan rings is 1. The minimum absolute atomic E-state index is 0.296. The fourth-order valence-electron chi connectivity index (χ4n) is 3.92. The highest BCUT2D eigenvalue weighted by Crippen LogP contribution is 2.44. The van der Waals surface area contributed by atoms with Crippen molar-refractivity contribution in [2.75, 3.05) is 25.7 Å². The van der Waals surface area contributed by atoms with Gasteiger partial charge in [-0.05, 0) is 42.8 Å². The Morgan fingerprint density at radius 3 is 2.16 bits per heavy atom. The highest BCUT2D eigenvalue weighted by Gasteiger charge is 2.23. The van der Waals surface area contributed by atoms with Gasteiger partial charge in [0.1, 0.15) is 17.2 Å². The summed E-state index contributed by atoms with van der Waals surface area (Å²) < 4.78 is 19.7. The summed E-state index contributed by atoms with van der Waals surface area (Å²) in [4.78, 5) is 2.09. The van der Waals surface area contributed by atoms with E-state index in [4.69, 9.17) is 10.2 Å². The lowest BCUT2D eigenvalue weighted by atomic mass is 9.95. The predicted molar refractivity (Wildman–Crippen MR) is 135 cm³/mol. The van der Waals surface area contributed by atoms with Crippen molar-refractivity contribution in [1.29, 1.82) is 0 Å². The SMILES string of the molecule is C=C(N)c1c(-c2ccc(F)cc2)oc2c(C)c(N(C)C)c(-c3ccccc3)cc12.CP. The first-order chi connectivity index (χ1) is 14.9. The molecule has 3 nitrogen and oxygen atoms in total. The smallest absolute Gasteiger partial charge is 0.144 e. The Morgan fingerprint density at radius 2 is 1.61 bits per heavy atom. The van der Waals surface area contributed by atoms with E-state index in [-0.39, 0.29) is 5.82 Å². The van der Waals surface area contributed by atoms with Gasteiger partial charge in [-0.1, -0.05) is 43.6 Å². The summed E-state index contributed by atoms with van der Waals surface area (Å²) in [6.45, 7) is 7.94. The van der Waals surface area contributed by atoms with Gasteiger partial charge in [0.05, 0.1) is 11.3 Å². The van der Waals surface area contributed by atoms with E-state index in [0.717, 1.165) is 44.5 Å². The third kappa shape index (κ3) is 4.22. The number of aryl methyl sites for hydroxylation is 1. The third-order valence-electron chi connectivity index (χ3n) is 5.14. The van der Waals surface area contributed by atoms with E-state index in [1.54, 1.807) is 12.1 Å². The predicted octanol–water partition coefficient (Wildman–Crippen LogP) is 6.70. The van der Waals surface area contributed by atoms with Crippen LogP contribution in [0.15, 0.2) is 71.7 Å². The van der Waals surface area contributed by atoms with E-state index < -0.39 is 0 Å². The fraction of sp³-hybridized carbons (Fsp3) is 0.154. The molecular weight excluding hydrogens is 406 g/mol. The molecule has 0 aliphatic rings. The molecule has 1 aromatic heterocycles. The third-order valence-corrected chi connectivity index (χ3v) is 5.14. The average Bonchev–Trinajstić information content (AvgIpc) is 3.16. The molecule has 160 valence electrons. The first-order valence-corrected chi connectivity index (χ1v) is 11.1. The van der Waals surface area contributed by atoms with Gasteiger partial charge in [0.2, 0.25) is 0 Å². The summed E-state index contributed by atoms with van der Waals surface area (Å²) in [5.41, 5.74) is 13.2. The highest BCUT2D eigenvalue weighted by molar-refractivity contribution is 7.15. The fourth-order valence-corrected chi connectivity index (χ4v) is 3.92. The molecule has 0 aliphatic heterocycles. The van der Waals surface area contributed by atoms with Crippen LogP contribution in [0.4, 0.5) is 10.1 Å². The van der Waals surface area contributed by atoms with Gasteiger partial charge < -0.3 is 15.1 Å². The summed E-state index contributed by atoms with van der Waals surface area (Å²) in [6, 6.07) is 18.6. The number of nitrogens with zero attached hydrogens (tertiary/aromatic N) is 1. The van der Waals surface area contributed by atoms with Crippen molar-refractivity contribution in [1.82, 2.24) is 0 Å². The summed E-state index contributed by atoms with van der Waals surface area (Å²) in [6.07, 6.45) is 0. The normalized spacial score (nSPS) is 10.5. The van der Waals surface area contributed by atoms with Gasteiger partial charge in [-0.3, -0.25) is 0 Å². The maximum absolute atomic E-state index is 13.4. The second kappa shape index (κ2) is 9.36. The van der Waals surface area contributed by atoms with Crippen LogP contribution in [-0.2, 0) is 0 Å². The maximum atomic E-state index is 13.4. The molecular formula is C26H28FN2OP. The Bertz CT molecular complexity index is 1210. The number of halogens is 1. The van der Waals surface area contributed by atoms with Crippen molar-refractivity contribution >= 4 is 31.6 Å². The summed E-state index contributed by atoms with van der Waals surface area (Å²) in [7, 11) is 6.46. The van der Waals surface area contributed by atoms with Crippen LogP contribution in [0.1, 0.15) is 11.1 Å². The summed E-state index contributed by atoms with van der Waals surface area (Å²) >= 11 is 0. The zero-order chi connectivity index (χ0) is 22.7. The molecule has 1 atom stereocenters. The van der Waals surface area contributed by atoms with Gasteiger partial charge in [-0.2, -0.15) is 0 Å². The number of nitrogens with two attached hydrogens (primary N) is 1. The number of benzene rings is 3. The van der Waals surface area contributed by atoms with E-state index in [1.165, 1.54) is 12.1 Å². The Balaban J connectivity index is 0.00000132. The molecule has 4 aromatic rings. The zero-order valence-corrected chi connectivity index (χ0v) is 19.5. The Morgan fingerprint density at radius 1 is 1.00 bits per heavy atom. The molecule has 0 radical (unpaired) electrons. The molecule has 0 aliphatic carbocycles. The van der Waals surface area contributed by atoms with E-state index in [0.29, 0.717) is 11.5 Å². The van der Waals surface area contributed by atoms with Gasteiger partial charge in [0.25, 0.3) is 0 Å². The number of anilines is 1. The van der Waals surface area contributed by atoms with Gasteiger partial charge in [-0.25, -0.2) is 4.39 Å². The molecule has 31 heavy (non-hydrogen) atoms. The van der Waals surface area contributed by atoms with Crippen LogP contribution in [0, 0.1) is 12.7 Å². The van der Waals surface area contributed by atoms with E-state index in [2.05, 4.69) is 38.9 Å². The standard InChI is InChI=1S/C25H23FN2O.CH5P/c1-15-23(28(3)4)20(17-8-6-5-7-9-17)14-21-22(16(2)27)25(29-24(15)21)18-10-12-19(26)13-11-18;1-2/h5-14H,2,27H2,1,3-4H3;2H2,1H3. The van der Waals surface area contributed by atoms with Gasteiger partial charge in [-0.15, -0.1) is 9.24 Å². The van der Waals surface area contributed by atoms with Crippen molar-refractivity contribution in [3.05, 3.63) is 84.2 Å². The minimum atomic E-state index is -0.296. The van der Waals surface area contributed by atoms with Crippen molar-refractivity contribution in [2.24, 2.45) is 5.73 Å². The molecule has 0 saturated carbocycles. The molecule has 0 saturated heterocycles. The number of fused-ring (bicyclic) bond motifs is 1. The van der Waals surface area contributed by atoms with Crippen LogP contribution in [0.25, 0.3) is 39.1 Å². The summed E-state index contributed by atoms with van der Waals surface area (Å²) in [5, 5.41) is 0.902. The molecule has 3 aromatic carbocycles. The lowest BCUT2D eigenvalue weighted by Gasteiger charge is -2.21. The molecule has 1 heterocycles. The van der Waals surface area contributed by atoms with Crippen LogP contribution >= 0.6 is 9.24 Å². The first kappa shape index (κ1) is 22.6. The molecule has 0 bridgehead atoms. The average molecular weight is 434 g/mol. The number of hydrogen-bond donors (Lipinski definition) is 1. The van der Waals surface area contributed by atoms with Crippen LogP contribution in [0.3, 0.4) is 0 Å². The topological polar surface area (TPSA) is 42.4 Å². The highest BCUT2D eigenvalue weighted by atomic mass is 31.0. The molecule has 0 amide bonds. The Hall–Kier alpha value is -3.10. The van der Waals surface area contributed by atoms with E-state index in [1.807, 2.05) is 45.9 Å². The van der Waals surface area contributed by atoms with Crippen LogP contribution in [0.5, 0.6) is 0 Å². The molecule has 0 fully saturated rings. The van der Waals surface area contributed by atoms with Crippen molar-refractivity contribution in [3.8, 4) is 22.5 Å². The zero-order valence-electron chi connectivity index (χ0n) is 18.4. The molecule has 1 unspecified atom stereocenters. The molecule has 2 N–H and O–H groups in total. The summed E-state index contributed by atoms with van der Waals surface area (Å²) in [5.74, 6) is 0.306. The minimum Gasteiger partial charge on any atom is -0.455 e. The lowest BCUT2D eigenvalue weighted by molar-refractivity contribution is 0.621. The second-order valence-electron chi connectivity index (χ2n) is 7.37. The molecule has 5 heteroatoms. The van der Waals surface area contributed by atoms with Crippen LogP contribution < -0.4 is 10.6 Å². The lowest BCUT2D eigenvalue weighted by Crippen LogP contribution is -2.12. The molecule has 4 rings (SSSR count). The van der Waals surface area contributed by atoms with Gasteiger partial charge in [0, 0.05) is 41.9 Å². The van der Waals surface area contributed by atoms with Crippen molar-refractivity contribution in [2.45, 2.75) is 6.92 Å². The van der Waals surface area contributed by atoms with E-state index >= 15 is 0 Å². The monoisotopic (exact) mass is 434 g/mol. The van der Waals surface area contributed by atoms with Crippen molar-refractivity contribution in [3.63, 3.8) is 0 Å². The van der Waals surface area contributed by atoms with Gasteiger partial charge >= 0.3 is 0 Å². The van der Waals surface area contributed by atoms with Crippen molar-refractivity contribution < 1.29 is 8.81 Å². The maximum Gasteiger partial charge on any atom is 0.144 e. The van der Waals surface area contributed by atoms with Crippen LogP contribution in [0.2, 0.25) is 0 Å².